The van der Waals surface area contributed by atoms with Gasteiger partial charge >= 0.3 is 0 Å². The Hall–Kier alpha value is -2.70. The Morgan fingerprint density at radius 2 is 1.73 bits per heavy atom. The molecular formula is C18H15Cl2N5O. The van der Waals surface area contributed by atoms with Crippen LogP contribution in [0.3, 0.4) is 0 Å². The third kappa shape index (κ3) is 4.91. The van der Waals surface area contributed by atoms with Crippen LogP contribution in [0, 0.1) is 6.92 Å². The van der Waals surface area contributed by atoms with Crippen LogP contribution in [-0.2, 0) is 6.54 Å². The minimum Gasteiger partial charge on any atom is -0.350 e. The summed E-state index contributed by atoms with van der Waals surface area (Å²) in [6.45, 7) is 2.32. The van der Waals surface area contributed by atoms with Gasteiger partial charge in [-0.05, 0) is 48.9 Å². The fourth-order valence-electron chi connectivity index (χ4n) is 2.27. The van der Waals surface area contributed by atoms with Gasteiger partial charge in [-0.3, -0.25) is 9.78 Å². The molecule has 1 amide bonds. The second kappa shape index (κ2) is 8.12. The molecule has 0 saturated heterocycles. The summed E-state index contributed by atoms with van der Waals surface area (Å²) in [5.74, 6) is -0.00289. The molecule has 0 atom stereocenters. The first-order chi connectivity index (χ1) is 12.5. The molecule has 0 bridgehead atoms. The first-order valence-electron chi connectivity index (χ1n) is 7.75. The molecule has 132 valence electrons. The van der Waals surface area contributed by atoms with E-state index in [9.17, 15) is 4.79 Å². The maximum Gasteiger partial charge on any atom is 0.274 e. The molecule has 0 unspecified atom stereocenters. The average Bonchev–Trinajstić information content (AvgIpc) is 2.59. The van der Waals surface area contributed by atoms with Gasteiger partial charge in [-0.25, -0.2) is 9.97 Å². The molecule has 2 heterocycles. The fraction of sp³-hybridized carbons (Fsp3) is 0.111. The van der Waals surface area contributed by atoms with Crippen molar-refractivity contribution in [3.8, 4) is 0 Å². The molecule has 0 aliphatic heterocycles. The third-order valence-corrected chi connectivity index (χ3v) is 3.84. The topological polar surface area (TPSA) is 79.8 Å². The number of benzene rings is 1. The Balaban J connectivity index is 1.74. The summed E-state index contributed by atoms with van der Waals surface area (Å²) in [6, 6.07) is 10.2. The molecular weight excluding hydrogens is 373 g/mol. The second-order valence-corrected chi connectivity index (χ2v) is 6.41. The van der Waals surface area contributed by atoms with Crippen molar-refractivity contribution in [3.05, 3.63) is 75.8 Å². The van der Waals surface area contributed by atoms with E-state index in [-0.39, 0.29) is 11.6 Å². The van der Waals surface area contributed by atoms with Gasteiger partial charge in [0.05, 0.1) is 0 Å². The lowest BCUT2D eigenvalue weighted by Gasteiger charge is -2.09. The summed E-state index contributed by atoms with van der Waals surface area (Å²) in [6.07, 6.45) is 3.42. The predicted octanol–water partition coefficient (Wildman–Crippen LogP) is 4.35. The maximum absolute atomic E-state index is 12.5. The van der Waals surface area contributed by atoms with Crippen LogP contribution < -0.4 is 10.6 Å². The van der Waals surface area contributed by atoms with E-state index in [4.69, 9.17) is 23.2 Å². The number of halogens is 2. The van der Waals surface area contributed by atoms with Gasteiger partial charge in [-0.15, -0.1) is 0 Å². The molecule has 3 rings (SSSR count). The van der Waals surface area contributed by atoms with Gasteiger partial charge in [0.1, 0.15) is 5.69 Å². The van der Waals surface area contributed by atoms with Crippen LogP contribution in [0.15, 0.2) is 48.8 Å². The highest BCUT2D eigenvalue weighted by atomic mass is 35.5. The van der Waals surface area contributed by atoms with E-state index < -0.39 is 0 Å². The molecule has 0 aliphatic carbocycles. The second-order valence-electron chi connectivity index (χ2n) is 5.54. The first kappa shape index (κ1) is 18.1. The van der Waals surface area contributed by atoms with Crippen molar-refractivity contribution < 1.29 is 4.79 Å². The van der Waals surface area contributed by atoms with Crippen LogP contribution in [0.25, 0.3) is 0 Å². The summed E-state index contributed by atoms with van der Waals surface area (Å²) in [5, 5.41) is 6.71. The Morgan fingerprint density at radius 3 is 2.42 bits per heavy atom. The minimum atomic E-state index is -0.374. The van der Waals surface area contributed by atoms with Crippen molar-refractivity contribution in [1.82, 2.24) is 15.0 Å². The Bertz CT molecular complexity index is 914. The summed E-state index contributed by atoms with van der Waals surface area (Å²) in [4.78, 5) is 25.0. The molecule has 0 fully saturated rings. The van der Waals surface area contributed by atoms with E-state index in [1.807, 2.05) is 12.1 Å². The number of carbonyl (C=O) groups excluding carboxylic acids is 1. The molecule has 3 aromatic rings. The Morgan fingerprint density at radius 1 is 1.04 bits per heavy atom. The number of nitrogens with zero attached hydrogens (tertiary/aromatic N) is 3. The number of anilines is 2. The van der Waals surface area contributed by atoms with Crippen LogP contribution in [0.5, 0.6) is 0 Å². The van der Waals surface area contributed by atoms with E-state index in [2.05, 4.69) is 25.6 Å². The van der Waals surface area contributed by atoms with Crippen LogP contribution in [0.2, 0.25) is 10.0 Å². The van der Waals surface area contributed by atoms with Crippen LogP contribution >= 0.6 is 23.2 Å². The molecule has 6 nitrogen and oxygen atoms in total. The maximum atomic E-state index is 12.5. The standard InChI is InChI=1S/C18H15Cl2N5O/c1-11-6-16(17(26)24-15-8-13(19)7-14(20)9-15)25-18(23-11)22-10-12-2-4-21-5-3-12/h2-9H,10H2,1H3,(H,24,26)(H,22,23,25). The van der Waals surface area contributed by atoms with Gasteiger partial charge in [0, 0.05) is 40.4 Å². The van der Waals surface area contributed by atoms with E-state index >= 15 is 0 Å². The van der Waals surface area contributed by atoms with Gasteiger partial charge in [0.2, 0.25) is 5.95 Å². The van der Waals surface area contributed by atoms with E-state index in [1.54, 1.807) is 43.6 Å². The average molecular weight is 388 g/mol. The molecule has 2 aromatic heterocycles. The number of nitrogens with one attached hydrogen (secondary N) is 2. The molecule has 0 aliphatic rings. The Labute approximate surface area is 160 Å². The zero-order chi connectivity index (χ0) is 18.5. The lowest BCUT2D eigenvalue weighted by atomic mass is 10.2. The molecule has 0 radical (unpaired) electrons. The van der Waals surface area contributed by atoms with Crippen molar-refractivity contribution in [1.29, 1.82) is 0 Å². The van der Waals surface area contributed by atoms with Crippen molar-refractivity contribution in [3.63, 3.8) is 0 Å². The summed E-state index contributed by atoms with van der Waals surface area (Å²) < 4.78 is 0. The number of hydrogen-bond acceptors (Lipinski definition) is 5. The van der Waals surface area contributed by atoms with Crippen molar-refractivity contribution >= 4 is 40.7 Å². The molecule has 0 saturated carbocycles. The highest BCUT2D eigenvalue weighted by Crippen LogP contribution is 2.23. The summed E-state index contributed by atoms with van der Waals surface area (Å²) in [7, 11) is 0. The third-order valence-electron chi connectivity index (χ3n) is 3.41. The number of rotatable bonds is 5. The summed E-state index contributed by atoms with van der Waals surface area (Å²) in [5.41, 5.74) is 2.44. The van der Waals surface area contributed by atoms with E-state index in [0.29, 0.717) is 33.9 Å². The molecule has 26 heavy (non-hydrogen) atoms. The lowest BCUT2D eigenvalue weighted by Crippen LogP contribution is -2.16. The minimum absolute atomic E-state index is 0.242. The Kier molecular flexibility index (Phi) is 5.65. The van der Waals surface area contributed by atoms with Crippen LogP contribution in [0.1, 0.15) is 21.7 Å². The van der Waals surface area contributed by atoms with Crippen LogP contribution in [-0.4, -0.2) is 20.9 Å². The van der Waals surface area contributed by atoms with Crippen molar-refractivity contribution in [2.45, 2.75) is 13.5 Å². The summed E-state index contributed by atoms with van der Waals surface area (Å²) >= 11 is 11.9. The highest BCUT2D eigenvalue weighted by Gasteiger charge is 2.12. The zero-order valence-electron chi connectivity index (χ0n) is 13.8. The monoisotopic (exact) mass is 387 g/mol. The van der Waals surface area contributed by atoms with Crippen molar-refractivity contribution in [2.24, 2.45) is 0 Å². The molecule has 8 heteroatoms. The van der Waals surface area contributed by atoms with Crippen molar-refractivity contribution in [2.75, 3.05) is 10.6 Å². The van der Waals surface area contributed by atoms with E-state index in [0.717, 1.165) is 5.56 Å². The van der Waals surface area contributed by atoms with Gasteiger partial charge in [0.25, 0.3) is 5.91 Å². The predicted molar refractivity (Wildman–Crippen MR) is 103 cm³/mol. The number of pyridine rings is 1. The highest BCUT2D eigenvalue weighted by molar-refractivity contribution is 6.35. The van der Waals surface area contributed by atoms with Crippen LogP contribution in [0.4, 0.5) is 11.6 Å². The number of carbonyl (C=O) groups is 1. The number of aromatic nitrogens is 3. The van der Waals surface area contributed by atoms with Gasteiger partial charge in [0.15, 0.2) is 0 Å². The zero-order valence-corrected chi connectivity index (χ0v) is 15.3. The molecule has 1 aromatic carbocycles. The van der Waals surface area contributed by atoms with E-state index in [1.165, 1.54) is 0 Å². The molecule has 0 spiro atoms. The largest absolute Gasteiger partial charge is 0.350 e. The molecule has 2 N–H and O–H groups in total. The first-order valence-corrected chi connectivity index (χ1v) is 8.51. The smallest absolute Gasteiger partial charge is 0.274 e. The fourth-order valence-corrected chi connectivity index (χ4v) is 2.79. The lowest BCUT2D eigenvalue weighted by molar-refractivity contribution is 0.102. The quantitative estimate of drug-likeness (QED) is 0.679. The van der Waals surface area contributed by atoms with Gasteiger partial charge in [-0.1, -0.05) is 23.2 Å². The normalized spacial score (nSPS) is 10.4. The number of aryl methyl sites for hydroxylation is 1. The SMILES string of the molecule is Cc1cc(C(=O)Nc2cc(Cl)cc(Cl)c2)nc(NCc2ccncc2)n1. The number of amides is 1. The van der Waals surface area contributed by atoms with Gasteiger partial charge in [-0.2, -0.15) is 0 Å². The van der Waals surface area contributed by atoms with Gasteiger partial charge < -0.3 is 10.6 Å². The number of hydrogen-bond donors (Lipinski definition) is 2.